The molecule has 5 heteroatoms. The largest absolute Gasteiger partial charge is 0.341 e. The number of nitrogens with zero attached hydrogens (tertiary/aromatic N) is 2. The van der Waals surface area contributed by atoms with E-state index in [2.05, 4.69) is 15.9 Å². The highest BCUT2D eigenvalue weighted by Gasteiger charge is 2.20. The van der Waals surface area contributed by atoms with Gasteiger partial charge in [-0.15, -0.1) is 0 Å². The fourth-order valence-electron chi connectivity index (χ4n) is 1.88. The van der Waals surface area contributed by atoms with Gasteiger partial charge >= 0.3 is 0 Å². The molecule has 4 nitrogen and oxygen atoms in total. The number of amides is 2. The highest BCUT2D eigenvalue weighted by molar-refractivity contribution is 9.09. The Bertz CT molecular complexity index is 258. The lowest BCUT2D eigenvalue weighted by atomic mass is 10.3. The van der Waals surface area contributed by atoms with Crippen molar-refractivity contribution in [2.45, 2.75) is 26.2 Å². The van der Waals surface area contributed by atoms with Crippen LogP contribution >= 0.6 is 15.9 Å². The van der Waals surface area contributed by atoms with Crippen LogP contribution in [-0.2, 0) is 9.59 Å². The maximum Gasteiger partial charge on any atom is 0.223 e. The molecule has 0 N–H and O–H groups in total. The van der Waals surface area contributed by atoms with Gasteiger partial charge in [0.2, 0.25) is 11.8 Å². The fourth-order valence-corrected chi connectivity index (χ4v) is 2.22. The van der Waals surface area contributed by atoms with E-state index in [4.69, 9.17) is 0 Å². The minimum absolute atomic E-state index is 0.183. The Balaban J connectivity index is 2.46. The highest BCUT2D eigenvalue weighted by atomic mass is 79.9. The van der Waals surface area contributed by atoms with Crippen molar-refractivity contribution >= 4 is 27.7 Å². The van der Waals surface area contributed by atoms with Crippen molar-refractivity contribution in [3.05, 3.63) is 0 Å². The van der Waals surface area contributed by atoms with Gasteiger partial charge in [-0.2, -0.15) is 0 Å². The number of hydrogen-bond acceptors (Lipinski definition) is 2. The van der Waals surface area contributed by atoms with Gasteiger partial charge in [-0.3, -0.25) is 9.59 Å². The van der Waals surface area contributed by atoms with Crippen LogP contribution in [0, 0.1) is 0 Å². The van der Waals surface area contributed by atoms with Crippen LogP contribution in [0.1, 0.15) is 26.2 Å². The molecule has 1 saturated heterocycles. The van der Waals surface area contributed by atoms with E-state index in [9.17, 15) is 9.59 Å². The molecule has 16 heavy (non-hydrogen) atoms. The van der Waals surface area contributed by atoms with E-state index < -0.39 is 0 Å². The molecule has 0 spiro atoms. The Morgan fingerprint density at radius 1 is 1.06 bits per heavy atom. The van der Waals surface area contributed by atoms with Crippen molar-refractivity contribution < 1.29 is 9.59 Å². The summed E-state index contributed by atoms with van der Waals surface area (Å²) in [5.74, 6) is 0.373. The maximum absolute atomic E-state index is 11.7. The molecular formula is C11H19BrN2O2. The molecule has 0 aliphatic carbocycles. The first-order chi connectivity index (χ1) is 7.69. The van der Waals surface area contributed by atoms with Crippen LogP contribution in [0.2, 0.25) is 0 Å². The van der Waals surface area contributed by atoms with E-state index >= 15 is 0 Å². The average molecular weight is 291 g/mol. The number of rotatable bonds is 3. The standard InChI is InChI=1S/C11H19BrN2O2/c1-2-10(15)13-6-3-7-14(9-8-13)11(16)4-5-12/h2-9H2,1H3. The third-order valence-corrected chi connectivity index (χ3v) is 3.21. The predicted molar refractivity (Wildman–Crippen MR) is 66.5 cm³/mol. The summed E-state index contributed by atoms with van der Waals surface area (Å²) in [4.78, 5) is 27.0. The van der Waals surface area contributed by atoms with E-state index in [1.54, 1.807) is 0 Å². The number of carbonyl (C=O) groups is 2. The second-order valence-electron chi connectivity index (χ2n) is 3.91. The van der Waals surface area contributed by atoms with Crippen LogP contribution in [0.3, 0.4) is 0 Å². The topological polar surface area (TPSA) is 40.6 Å². The summed E-state index contributed by atoms with van der Waals surface area (Å²) >= 11 is 3.27. The van der Waals surface area contributed by atoms with Gasteiger partial charge in [-0.1, -0.05) is 22.9 Å². The first kappa shape index (κ1) is 13.5. The molecule has 1 rings (SSSR count). The van der Waals surface area contributed by atoms with Gasteiger partial charge in [0.05, 0.1) is 0 Å². The summed E-state index contributed by atoms with van der Waals surface area (Å²) in [6.07, 6.45) is 1.98. The minimum atomic E-state index is 0.183. The summed E-state index contributed by atoms with van der Waals surface area (Å²) < 4.78 is 0. The second kappa shape index (κ2) is 6.89. The summed E-state index contributed by atoms with van der Waals surface area (Å²) in [6, 6.07) is 0. The van der Waals surface area contributed by atoms with Gasteiger partial charge in [-0.25, -0.2) is 0 Å². The maximum atomic E-state index is 11.7. The van der Waals surface area contributed by atoms with Crippen molar-refractivity contribution in [1.82, 2.24) is 9.80 Å². The van der Waals surface area contributed by atoms with Crippen molar-refractivity contribution in [1.29, 1.82) is 0 Å². The van der Waals surface area contributed by atoms with Crippen molar-refractivity contribution in [3.63, 3.8) is 0 Å². The van der Waals surface area contributed by atoms with Crippen LogP contribution in [-0.4, -0.2) is 53.1 Å². The summed E-state index contributed by atoms with van der Waals surface area (Å²) in [5.41, 5.74) is 0. The molecule has 1 heterocycles. The Morgan fingerprint density at radius 3 is 2.12 bits per heavy atom. The normalized spacial score (nSPS) is 17.1. The number of carbonyl (C=O) groups excluding carboxylic acids is 2. The molecule has 1 fully saturated rings. The van der Waals surface area contributed by atoms with Gasteiger partial charge in [0.15, 0.2) is 0 Å². The van der Waals surface area contributed by atoms with Gasteiger partial charge in [0, 0.05) is 44.4 Å². The van der Waals surface area contributed by atoms with Crippen LogP contribution in [0.5, 0.6) is 0 Å². The van der Waals surface area contributed by atoms with Crippen molar-refractivity contribution in [3.8, 4) is 0 Å². The lowest BCUT2D eigenvalue weighted by Crippen LogP contribution is -2.37. The van der Waals surface area contributed by atoms with Crippen LogP contribution < -0.4 is 0 Å². The molecule has 0 bridgehead atoms. The highest BCUT2D eigenvalue weighted by Crippen LogP contribution is 2.07. The first-order valence-corrected chi connectivity index (χ1v) is 6.92. The third kappa shape index (κ3) is 3.77. The second-order valence-corrected chi connectivity index (χ2v) is 4.70. The Morgan fingerprint density at radius 2 is 1.62 bits per heavy atom. The van der Waals surface area contributed by atoms with E-state index in [0.29, 0.717) is 31.3 Å². The van der Waals surface area contributed by atoms with Crippen LogP contribution in [0.4, 0.5) is 0 Å². The smallest absolute Gasteiger partial charge is 0.223 e. The molecule has 0 saturated carbocycles. The molecule has 0 aromatic rings. The van der Waals surface area contributed by atoms with Crippen molar-refractivity contribution in [2.24, 2.45) is 0 Å². The molecule has 92 valence electrons. The number of halogens is 1. The van der Waals surface area contributed by atoms with Gasteiger partial charge in [0.1, 0.15) is 0 Å². The Kier molecular flexibility index (Phi) is 5.80. The summed E-state index contributed by atoms with van der Waals surface area (Å²) in [5, 5.41) is 0.708. The zero-order valence-corrected chi connectivity index (χ0v) is 11.3. The summed E-state index contributed by atoms with van der Waals surface area (Å²) in [7, 11) is 0. The minimum Gasteiger partial charge on any atom is -0.341 e. The van der Waals surface area contributed by atoms with Crippen LogP contribution in [0.25, 0.3) is 0 Å². The number of alkyl halides is 1. The van der Waals surface area contributed by atoms with E-state index in [1.165, 1.54) is 0 Å². The zero-order chi connectivity index (χ0) is 12.0. The molecule has 0 radical (unpaired) electrons. The van der Waals surface area contributed by atoms with E-state index in [1.807, 2.05) is 16.7 Å². The van der Waals surface area contributed by atoms with Gasteiger partial charge in [0.25, 0.3) is 0 Å². The monoisotopic (exact) mass is 290 g/mol. The van der Waals surface area contributed by atoms with Crippen molar-refractivity contribution in [2.75, 3.05) is 31.5 Å². The van der Waals surface area contributed by atoms with E-state index in [-0.39, 0.29) is 11.8 Å². The lowest BCUT2D eigenvalue weighted by Gasteiger charge is -2.21. The molecule has 1 aliphatic heterocycles. The average Bonchev–Trinajstić information content (AvgIpc) is 2.53. The quantitative estimate of drug-likeness (QED) is 0.734. The molecule has 1 aliphatic rings. The molecule has 0 aromatic heterocycles. The predicted octanol–water partition coefficient (Wildman–Crippen LogP) is 1.24. The molecule has 0 unspecified atom stereocenters. The lowest BCUT2D eigenvalue weighted by molar-refractivity contribution is -0.133. The fraction of sp³-hybridized carbons (Fsp3) is 0.818. The molecule has 0 atom stereocenters. The summed E-state index contributed by atoms with van der Waals surface area (Å²) in [6.45, 7) is 4.79. The van der Waals surface area contributed by atoms with Gasteiger partial charge < -0.3 is 9.80 Å². The van der Waals surface area contributed by atoms with E-state index in [0.717, 1.165) is 19.5 Å². The molecular weight excluding hydrogens is 272 g/mol. The Labute approximate surface area is 105 Å². The third-order valence-electron chi connectivity index (χ3n) is 2.81. The SMILES string of the molecule is CCC(=O)N1CCCN(C(=O)CCBr)CC1. The zero-order valence-electron chi connectivity index (χ0n) is 9.75. The molecule has 0 aromatic carbocycles. The van der Waals surface area contributed by atoms with Gasteiger partial charge in [-0.05, 0) is 6.42 Å². The van der Waals surface area contributed by atoms with Crippen LogP contribution in [0.15, 0.2) is 0 Å². The number of hydrogen-bond donors (Lipinski definition) is 0. The first-order valence-electron chi connectivity index (χ1n) is 5.80. The Hall–Kier alpha value is -0.580. The molecule has 2 amide bonds.